The minimum atomic E-state index is 0.0567. The van der Waals surface area contributed by atoms with Gasteiger partial charge in [0.2, 0.25) is 0 Å². The van der Waals surface area contributed by atoms with E-state index < -0.39 is 0 Å². The molecule has 0 bridgehead atoms. The molecule has 0 N–H and O–H groups in total. The van der Waals surface area contributed by atoms with Crippen molar-refractivity contribution in [3.05, 3.63) is 0 Å². The summed E-state index contributed by atoms with van der Waals surface area (Å²) in [4.78, 5) is 0. The van der Waals surface area contributed by atoms with Crippen molar-refractivity contribution >= 4 is 0 Å². The Hall–Kier alpha value is -0.510. The molecule has 102 valence electrons. The summed E-state index contributed by atoms with van der Waals surface area (Å²) in [6, 6.07) is 2.68. The minimum Gasteiger partial charge on any atom is -0.198 e. The summed E-state index contributed by atoms with van der Waals surface area (Å²) in [5.41, 5.74) is 0.0567. The summed E-state index contributed by atoms with van der Waals surface area (Å²) in [7, 11) is 0. The van der Waals surface area contributed by atoms with E-state index >= 15 is 0 Å². The molecule has 2 fully saturated rings. The lowest BCUT2D eigenvalue weighted by Crippen LogP contribution is -2.30. The Morgan fingerprint density at radius 2 is 1.61 bits per heavy atom. The van der Waals surface area contributed by atoms with Gasteiger partial charge in [-0.05, 0) is 43.9 Å². The predicted octanol–water partition coefficient (Wildman–Crippen LogP) is 5.46. The number of hydrogen-bond acceptors (Lipinski definition) is 1. The van der Waals surface area contributed by atoms with Crippen LogP contribution in [0.1, 0.15) is 84.0 Å². The zero-order valence-corrected chi connectivity index (χ0v) is 12.1. The van der Waals surface area contributed by atoms with Crippen LogP contribution in [0, 0.1) is 28.6 Å². The first-order chi connectivity index (χ1) is 8.79. The first kappa shape index (κ1) is 13.9. The molecule has 2 aliphatic rings. The first-order valence-corrected chi connectivity index (χ1v) is 8.21. The van der Waals surface area contributed by atoms with Gasteiger partial charge in [-0.2, -0.15) is 5.26 Å². The average Bonchev–Trinajstić information content (AvgIpc) is 2.47. The molecule has 0 atom stereocenters. The van der Waals surface area contributed by atoms with Gasteiger partial charge in [-0.1, -0.05) is 51.9 Å². The van der Waals surface area contributed by atoms with E-state index in [1.54, 1.807) is 0 Å². The summed E-state index contributed by atoms with van der Waals surface area (Å²) in [5, 5.41) is 9.51. The molecule has 0 spiro atoms. The molecule has 0 saturated heterocycles. The van der Waals surface area contributed by atoms with Gasteiger partial charge in [-0.15, -0.1) is 0 Å². The fourth-order valence-electron chi connectivity index (χ4n) is 4.20. The van der Waals surface area contributed by atoms with Crippen LogP contribution in [-0.4, -0.2) is 0 Å². The molecule has 2 rings (SSSR count). The van der Waals surface area contributed by atoms with E-state index in [4.69, 9.17) is 0 Å². The predicted molar refractivity (Wildman–Crippen MR) is 76.1 cm³/mol. The van der Waals surface area contributed by atoms with E-state index in [2.05, 4.69) is 13.0 Å². The normalized spacial score (nSPS) is 34.1. The van der Waals surface area contributed by atoms with Gasteiger partial charge < -0.3 is 0 Å². The summed E-state index contributed by atoms with van der Waals surface area (Å²) < 4.78 is 0. The molecule has 0 aromatic carbocycles. The quantitative estimate of drug-likeness (QED) is 0.647. The Bertz CT molecular complexity index is 274. The number of nitriles is 1. The van der Waals surface area contributed by atoms with E-state index in [9.17, 15) is 5.26 Å². The molecule has 0 aromatic heterocycles. The number of rotatable bonds is 4. The maximum atomic E-state index is 9.51. The second-order valence-corrected chi connectivity index (χ2v) is 6.73. The Labute approximate surface area is 113 Å². The van der Waals surface area contributed by atoms with Crippen molar-refractivity contribution in [1.82, 2.24) is 0 Å². The number of hydrogen-bond donors (Lipinski definition) is 0. The molecular formula is C17H29N. The van der Waals surface area contributed by atoms with Gasteiger partial charge in [0, 0.05) is 0 Å². The fraction of sp³-hybridized carbons (Fsp3) is 0.941. The van der Waals surface area contributed by atoms with Crippen LogP contribution in [0.15, 0.2) is 0 Å². The van der Waals surface area contributed by atoms with Gasteiger partial charge in [0.15, 0.2) is 0 Å². The first-order valence-electron chi connectivity index (χ1n) is 8.21. The van der Waals surface area contributed by atoms with Crippen molar-refractivity contribution in [2.45, 2.75) is 84.0 Å². The van der Waals surface area contributed by atoms with Gasteiger partial charge in [0.05, 0.1) is 11.5 Å². The van der Waals surface area contributed by atoms with E-state index in [0.717, 1.165) is 18.3 Å². The van der Waals surface area contributed by atoms with Crippen molar-refractivity contribution in [3.63, 3.8) is 0 Å². The van der Waals surface area contributed by atoms with Crippen molar-refractivity contribution < 1.29 is 0 Å². The van der Waals surface area contributed by atoms with E-state index in [1.807, 2.05) is 0 Å². The maximum absolute atomic E-state index is 9.51. The van der Waals surface area contributed by atoms with Crippen LogP contribution in [0.2, 0.25) is 0 Å². The molecule has 0 unspecified atom stereocenters. The van der Waals surface area contributed by atoms with Gasteiger partial charge in [0.25, 0.3) is 0 Å². The van der Waals surface area contributed by atoms with Gasteiger partial charge in [-0.3, -0.25) is 0 Å². The van der Waals surface area contributed by atoms with E-state index in [-0.39, 0.29) is 5.41 Å². The van der Waals surface area contributed by atoms with Gasteiger partial charge >= 0.3 is 0 Å². The Morgan fingerprint density at radius 3 is 2.17 bits per heavy atom. The molecular weight excluding hydrogens is 218 g/mol. The highest BCUT2D eigenvalue weighted by molar-refractivity contribution is 5.02. The zero-order valence-electron chi connectivity index (χ0n) is 12.1. The summed E-state index contributed by atoms with van der Waals surface area (Å²) >= 11 is 0. The average molecular weight is 247 g/mol. The molecule has 0 radical (unpaired) electrons. The van der Waals surface area contributed by atoms with Crippen LogP contribution in [-0.2, 0) is 0 Å². The van der Waals surface area contributed by atoms with Crippen LogP contribution >= 0.6 is 0 Å². The summed E-state index contributed by atoms with van der Waals surface area (Å²) in [6.07, 6.45) is 16.0. The molecule has 18 heavy (non-hydrogen) atoms. The van der Waals surface area contributed by atoms with Crippen LogP contribution < -0.4 is 0 Å². The largest absolute Gasteiger partial charge is 0.198 e. The van der Waals surface area contributed by atoms with Crippen molar-refractivity contribution in [3.8, 4) is 6.07 Å². The van der Waals surface area contributed by atoms with Crippen LogP contribution in [0.4, 0.5) is 0 Å². The van der Waals surface area contributed by atoms with E-state index in [1.165, 1.54) is 70.6 Å². The third kappa shape index (κ3) is 3.28. The fourth-order valence-corrected chi connectivity index (χ4v) is 4.20. The van der Waals surface area contributed by atoms with Crippen molar-refractivity contribution in [2.75, 3.05) is 0 Å². The second kappa shape index (κ2) is 6.60. The minimum absolute atomic E-state index is 0.0567. The third-order valence-electron chi connectivity index (χ3n) is 5.55. The van der Waals surface area contributed by atoms with Crippen LogP contribution in [0.25, 0.3) is 0 Å². The van der Waals surface area contributed by atoms with Gasteiger partial charge in [0.1, 0.15) is 0 Å². The standard InChI is InChI=1S/C17H29N/c1-2-3-11-17(14-18)12-9-16(10-13-17)15-7-5-4-6-8-15/h15-16H,2-13H2,1H3/t16-,17+. The molecule has 0 aromatic rings. The maximum Gasteiger partial charge on any atom is 0.0689 e. The number of nitrogens with zero attached hydrogens (tertiary/aromatic N) is 1. The molecule has 2 saturated carbocycles. The SMILES string of the molecule is CCCC[C@]1(C#N)CC[C@@H](C2CCCCC2)CC1. The molecule has 1 nitrogen and oxygen atoms in total. The lowest BCUT2D eigenvalue weighted by Gasteiger charge is -2.39. The lowest BCUT2D eigenvalue weighted by atomic mass is 9.64. The third-order valence-corrected chi connectivity index (χ3v) is 5.55. The van der Waals surface area contributed by atoms with Crippen LogP contribution in [0.5, 0.6) is 0 Å². The Kier molecular flexibility index (Phi) is 5.10. The van der Waals surface area contributed by atoms with Crippen molar-refractivity contribution in [2.24, 2.45) is 17.3 Å². The molecule has 0 heterocycles. The molecule has 1 heteroatoms. The van der Waals surface area contributed by atoms with E-state index in [0.29, 0.717) is 0 Å². The number of unbranched alkanes of at least 4 members (excludes halogenated alkanes) is 1. The van der Waals surface area contributed by atoms with Crippen molar-refractivity contribution in [1.29, 1.82) is 5.26 Å². The van der Waals surface area contributed by atoms with Crippen LogP contribution in [0.3, 0.4) is 0 Å². The monoisotopic (exact) mass is 247 g/mol. The Balaban J connectivity index is 1.84. The lowest BCUT2D eigenvalue weighted by molar-refractivity contribution is 0.129. The Morgan fingerprint density at radius 1 is 1.00 bits per heavy atom. The smallest absolute Gasteiger partial charge is 0.0689 e. The van der Waals surface area contributed by atoms with Gasteiger partial charge in [-0.25, -0.2) is 0 Å². The zero-order chi connectivity index (χ0) is 12.8. The second-order valence-electron chi connectivity index (χ2n) is 6.73. The topological polar surface area (TPSA) is 23.8 Å². The molecule has 0 aliphatic heterocycles. The highest BCUT2D eigenvalue weighted by Crippen LogP contribution is 2.46. The highest BCUT2D eigenvalue weighted by atomic mass is 14.4. The molecule has 2 aliphatic carbocycles. The molecule has 0 amide bonds. The summed E-state index contributed by atoms with van der Waals surface area (Å²) in [5.74, 6) is 1.95. The highest BCUT2D eigenvalue weighted by Gasteiger charge is 2.37. The summed E-state index contributed by atoms with van der Waals surface area (Å²) in [6.45, 7) is 2.23.